The molecule has 1 aliphatic carbocycles. The second kappa shape index (κ2) is 13.3. The average Bonchev–Trinajstić information content (AvgIpc) is 3.92. The van der Waals surface area contributed by atoms with Crippen LogP contribution >= 0.6 is 0 Å². The lowest BCUT2D eigenvalue weighted by atomic mass is 9.82. The molecule has 290 valence electrons. The first-order valence-electron chi connectivity index (χ1n) is 21.0. The third-order valence-electron chi connectivity index (χ3n) is 13.1. The van der Waals surface area contributed by atoms with Crippen LogP contribution < -0.4 is 4.90 Å². The largest absolute Gasteiger partial charge is 0.319 e. The van der Waals surface area contributed by atoms with Gasteiger partial charge in [0.2, 0.25) is 5.69 Å². The summed E-state index contributed by atoms with van der Waals surface area (Å²) in [6.07, 6.45) is 0. The van der Waals surface area contributed by atoms with Crippen LogP contribution in [0.5, 0.6) is 0 Å². The van der Waals surface area contributed by atoms with Crippen molar-refractivity contribution in [2.75, 3.05) is 4.90 Å². The van der Waals surface area contributed by atoms with Crippen LogP contribution in [-0.4, -0.2) is 9.13 Å². The van der Waals surface area contributed by atoms with Crippen LogP contribution in [0.25, 0.3) is 81.7 Å². The third-order valence-corrected chi connectivity index (χ3v) is 13.1. The van der Waals surface area contributed by atoms with Crippen molar-refractivity contribution in [2.45, 2.75) is 19.3 Å². The molecule has 2 heterocycles. The molecule has 11 aromatic rings. The van der Waals surface area contributed by atoms with Crippen LogP contribution in [0.4, 0.5) is 22.7 Å². The first-order valence-corrected chi connectivity index (χ1v) is 21.0. The fraction of sp³-hybridized carbons (Fsp3) is 0.0526. The van der Waals surface area contributed by atoms with Gasteiger partial charge in [0.1, 0.15) is 6.07 Å². The van der Waals surface area contributed by atoms with E-state index in [0.29, 0.717) is 22.6 Å². The molecule has 0 amide bonds. The van der Waals surface area contributed by atoms with E-state index >= 15 is 0 Å². The van der Waals surface area contributed by atoms with Crippen LogP contribution in [0.2, 0.25) is 0 Å². The summed E-state index contributed by atoms with van der Waals surface area (Å²) in [6.45, 7) is 13.3. The van der Waals surface area contributed by atoms with Gasteiger partial charge < -0.3 is 14.0 Å². The molecule has 5 nitrogen and oxygen atoms in total. The maximum absolute atomic E-state index is 11.2. The number of benzene rings is 9. The average molecular weight is 792 g/mol. The molecule has 0 saturated heterocycles. The Kier molecular flexibility index (Phi) is 7.64. The zero-order chi connectivity index (χ0) is 41.7. The molecule has 0 unspecified atom stereocenters. The molecule has 12 rings (SSSR count). The van der Waals surface area contributed by atoms with Crippen molar-refractivity contribution in [3.8, 4) is 28.6 Å². The number of anilines is 3. The van der Waals surface area contributed by atoms with E-state index in [2.05, 4.69) is 203 Å². The van der Waals surface area contributed by atoms with Gasteiger partial charge in [-0.2, -0.15) is 5.26 Å². The van der Waals surface area contributed by atoms with Crippen molar-refractivity contribution in [1.82, 2.24) is 9.13 Å². The minimum absolute atomic E-state index is 0.156. The summed E-state index contributed by atoms with van der Waals surface area (Å²) in [6, 6.07) is 68.4. The number of nitriles is 1. The monoisotopic (exact) mass is 791 g/mol. The minimum Gasteiger partial charge on any atom is -0.319 e. The van der Waals surface area contributed by atoms with E-state index in [-0.39, 0.29) is 5.41 Å². The molecule has 0 bridgehead atoms. The molecular weight excluding hydrogens is 755 g/mol. The first kappa shape index (κ1) is 35.6. The van der Waals surface area contributed by atoms with Gasteiger partial charge in [0.15, 0.2) is 0 Å². The zero-order valence-electron chi connectivity index (χ0n) is 34.1. The molecule has 0 radical (unpaired) electrons. The lowest BCUT2D eigenvalue weighted by molar-refractivity contribution is 0.661. The standard InChI is InChI=1S/C57H37N5/c1-57(2)45-24-14-12-22-42(45)55-46(57)28-31-51-56(55)43-23-13-15-25-48(43)62(51)53-32-37(35-58)52(34-47(53)59-3)61-49-30-27-40(60(38-17-6-4-7-18-38)39-19-8-5-9-20-39)33-44(49)54-41-21-11-10-16-36(41)26-29-50(54)61/h4-34H,1-2H3. The van der Waals surface area contributed by atoms with Crippen molar-refractivity contribution in [1.29, 1.82) is 5.26 Å². The van der Waals surface area contributed by atoms with Crippen LogP contribution in [-0.2, 0) is 5.41 Å². The Labute approximate surface area is 359 Å². The predicted molar refractivity (Wildman–Crippen MR) is 256 cm³/mol. The molecule has 1 aliphatic rings. The minimum atomic E-state index is -0.156. The van der Waals surface area contributed by atoms with Crippen molar-refractivity contribution in [3.05, 3.63) is 216 Å². The number of hydrogen-bond donors (Lipinski definition) is 0. The van der Waals surface area contributed by atoms with E-state index in [1.807, 2.05) is 24.3 Å². The Hall–Kier alpha value is -8.38. The lowest BCUT2D eigenvalue weighted by Crippen LogP contribution is -2.14. The van der Waals surface area contributed by atoms with Gasteiger partial charge in [-0.15, -0.1) is 0 Å². The number of para-hydroxylation sites is 3. The lowest BCUT2D eigenvalue weighted by Gasteiger charge is -2.25. The van der Waals surface area contributed by atoms with E-state index < -0.39 is 0 Å². The smallest absolute Gasteiger partial charge is 0.212 e. The van der Waals surface area contributed by atoms with Gasteiger partial charge in [0, 0.05) is 44.0 Å². The number of hydrogen-bond acceptors (Lipinski definition) is 2. The second-order valence-electron chi connectivity index (χ2n) is 16.7. The molecular formula is C57H37N5. The van der Waals surface area contributed by atoms with Crippen molar-refractivity contribution < 1.29 is 0 Å². The highest BCUT2D eigenvalue weighted by Gasteiger charge is 2.37. The number of fused-ring (bicyclic) bond motifs is 12. The van der Waals surface area contributed by atoms with Gasteiger partial charge in [-0.05, 0) is 106 Å². The van der Waals surface area contributed by atoms with Crippen molar-refractivity contribution >= 4 is 77.1 Å². The van der Waals surface area contributed by atoms with Gasteiger partial charge in [0.25, 0.3) is 0 Å². The molecule has 0 saturated carbocycles. The summed E-state index contributed by atoms with van der Waals surface area (Å²) in [4.78, 5) is 6.51. The molecule has 0 spiro atoms. The molecule has 9 aromatic carbocycles. The highest BCUT2D eigenvalue weighted by Crippen LogP contribution is 2.53. The zero-order valence-corrected chi connectivity index (χ0v) is 34.1. The summed E-state index contributed by atoms with van der Waals surface area (Å²) in [5.41, 5.74) is 14.3. The number of aromatic nitrogens is 2. The third kappa shape index (κ3) is 4.94. The Morgan fingerprint density at radius 2 is 1.13 bits per heavy atom. The maximum Gasteiger partial charge on any atom is 0.212 e. The Bertz CT molecular complexity index is 3700. The summed E-state index contributed by atoms with van der Waals surface area (Å²) < 4.78 is 4.38. The van der Waals surface area contributed by atoms with E-state index in [1.54, 1.807) is 0 Å². The number of nitrogens with zero attached hydrogens (tertiary/aromatic N) is 5. The molecule has 2 aromatic heterocycles. The van der Waals surface area contributed by atoms with Gasteiger partial charge in [-0.3, -0.25) is 0 Å². The molecule has 0 atom stereocenters. The van der Waals surface area contributed by atoms with E-state index in [4.69, 9.17) is 6.57 Å². The molecule has 5 heteroatoms. The van der Waals surface area contributed by atoms with E-state index in [1.165, 1.54) is 27.6 Å². The topological polar surface area (TPSA) is 41.2 Å². The normalized spacial score (nSPS) is 12.8. The number of rotatable bonds is 5. The van der Waals surface area contributed by atoms with Crippen molar-refractivity contribution in [3.63, 3.8) is 0 Å². The van der Waals surface area contributed by atoms with Crippen molar-refractivity contribution in [2.24, 2.45) is 0 Å². The molecule has 0 aliphatic heterocycles. The SMILES string of the molecule is [C-]#[N+]c1cc(-n2c3ccc(N(c4ccccc4)c4ccccc4)cc3c3c4ccccc4ccc32)c(C#N)cc1-n1c2ccccc2c2c3c(ccc21)C(C)(C)c1ccccc1-3. The van der Waals surface area contributed by atoms with Crippen LogP contribution in [0.15, 0.2) is 188 Å². The molecule has 0 N–H and O–H groups in total. The maximum atomic E-state index is 11.2. The Balaban J connectivity index is 1.13. The summed E-state index contributed by atoms with van der Waals surface area (Å²) in [5.74, 6) is 0. The van der Waals surface area contributed by atoms with Gasteiger partial charge in [-0.1, -0.05) is 129 Å². The summed E-state index contributed by atoms with van der Waals surface area (Å²) in [5, 5.41) is 17.9. The van der Waals surface area contributed by atoms with Gasteiger partial charge in [0.05, 0.1) is 45.6 Å². The summed E-state index contributed by atoms with van der Waals surface area (Å²) >= 11 is 0. The second-order valence-corrected chi connectivity index (χ2v) is 16.7. The van der Waals surface area contributed by atoms with Crippen LogP contribution in [0.1, 0.15) is 30.5 Å². The molecule has 62 heavy (non-hydrogen) atoms. The highest BCUT2D eigenvalue weighted by molar-refractivity contribution is 6.22. The van der Waals surface area contributed by atoms with Gasteiger partial charge in [-0.25, -0.2) is 4.85 Å². The van der Waals surface area contributed by atoms with E-state index in [9.17, 15) is 5.26 Å². The predicted octanol–water partition coefficient (Wildman–Crippen LogP) is 15.2. The van der Waals surface area contributed by atoms with Gasteiger partial charge >= 0.3 is 0 Å². The fourth-order valence-corrected chi connectivity index (χ4v) is 10.4. The highest BCUT2D eigenvalue weighted by atomic mass is 15.1. The van der Waals surface area contributed by atoms with Crippen LogP contribution in [0.3, 0.4) is 0 Å². The van der Waals surface area contributed by atoms with E-state index in [0.717, 1.165) is 66.1 Å². The van der Waals surface area contributed by atoms with Crippen LogP contribution in [0, 0.1) is 17.9 Å². The quantitative estimate of drug-likeness (QED) is 0.163. The Morgan fingerprint density at radius 1 is 0.516 bits per heavy atom. The fourth-order valence-electron chi connectivity index (χ4n) is 10.4. The first-order chi connectivity index (χ1) is 30.5. The molecule has 0 fully saturated rings. The Morgan fingerprint density at radius 3 is 1.89 bits per heavy atom. The summed E-state index contributed by atoms with van der Waals surface area (Å²) in [7, 11) is 0.